The Morgan fingerprint density at radius 2 is 2.05 bits per heavy atom. The van der Waals surface area contributed by atoms with Gasteiger partial charge in [-0.15, -0.1) is 0 Å². The van der Waals surface area contributed by atoms with Crippen LogP contribution in [0.25, 0.3) is 0 Å². The number of nitrogens with one attached hydrogen (secondary N) is 1. The van der Waals surface area contributed by atoms with Crippen molar-refractivity contribution in [1.29, 1.82) is 0 Å². The summed E-state index contributed by atoms with van der Waals surface area (Å²) in [4.78, 5) is 12.6. The number of nitrogens with zero attached hydrogens (tertiary/aromatic N) is 1. The molecule has 1 fully saturated rings. The molecule has 2 atom stereocenters. The molecule has 4 N–H and O–H groups in total. The van der Waals surface area contributed by atoms with Crippen molar-refractivity contribution in [3.63, 3.8) is 0 Å². The Labute approximate surface area is 120 Å². The second-order valence-corrected chi connectivity index (χ2v) is 6.08. The van der Waals surface area contributed by atoms with Gasteiger partial charge in [0.25, 0.3) is 0 Å². The molecular formula is C14H27N3O3. The summed E-state index contributed by atoms with van der Waals surface area (Å²) in [7, 11) is 1.68. The summed E-state index contributed by atoms with van der Waals surface area (Å²) < 4.78 is 5.38. The molecule has 1 saturated carbocycles. The maximum absolute atomic E-state index is 12.6. The van der Waals surface area contributed by atoms with E-state index in [0.29, 0.717) is 12.8 Å². The fourth-order valence-corrected chi connectivity index (χ4v) is 2.97. The normalized spacial score (nSPS) is 25.9. The van der Waals surface area contributed by atoms with Crippen molar-refractivity contribution in [2.45, 2.75) is 59.1 Å². The number of hydrogen-bond donors (Lipinski definition) is 3. The van der Waals surface area contributed by atoms with Crippen LogP contribution in [0.4, 0.5) is 0 Å². The van der Waals surface area contributed by atoms with Crippen molar-refractivity contribution in [3.8, 4) is 0 Å². The molecule has 0 bridgehead atoms. The molecule has 0 saturated heterocycles. The molecule has 0 aromatic heterocycles. The van der Waals surface area contributed by atoms with Gasteiger partial charge in [0, 0.05) is 18.6 Å². The fourth-order valence-electron chi connectivity index (χ4n) is 2.97. The minimum atomic E-state index is -0.941. The first-order valence-corrected chi connectivity index (χ1v) is 7.11. The van der Waals surface area contributed by atoms with E-state index in [1.807, 2.05) is 13.8 Å². The van der Waals surface area contributed by atoms with Crippen molar-refractivity contribution < 1.29 is 14.7 Å². The number of amidine groups is 1. The van der Waals surface area contributed by atoms with Gasteiger partial charge >= 0.3 is 0 Å². The Kier molecular flexibility index (Phi) is 5.02. The molecule has 0 spiro atoms. The van der Waals surface area contributed by atoms with Gasteiger partial charge in [-0.25, -0.2) is 0 Å². The third-order valence-electron chi connectivity index (χ3n) is 5.01. The highest BCUT2D eigenvalue weighted by atomic mass is 16.5. The van der Waals surface area contributed by atoms with Gasteiger partial charge in [-0.05, 0) is 19.3 Å². The van der Waals surface area contributed by atoms with E-state index in [2.05, 4.69) is 24.3 Å². The lowest BCUT2D eigenvalue weighted by Crippen LogP contribution is -2.64. The van der Waals surface area contributed by atoms with Gasteiger partial charge in [-0.2, -0.15) is 0 Å². The molecule has 0 aromatic carbocycles. The molecule has 6 nitrogen and oxygen atoms in total. The lowest BCUT2D eigenvalue weighted by molar-refractivity contribution is -0.138. The maximum Gasteiger partial charge on any atom is 0.234 e. The lowest BCUT2D eigenvalue weighted by Gasteiger charge is -2.52. The highest BCUT2D eigenvalue weighted by Crippen LogP contribution is 2.43. The van der Waals surface area contributed by atoms with Crippen LogP contribution in [-0.2, 0) is 9.53 Å². The summed E-state index contributed by atoms with van der Waals surface area (Å²) in [5.41, 5.74) is 4.70. The first-order valence-electron chi connectivity index (χ1n) is 7.11. The van der Waals surface area contributed by atoms with Gasteiger partial charge in [0.2, 0.25) is 5.91 Å². The number of methoxy groups -OCH3 is 1. The SMILES string of the molecule is CCC(CC)(C(=O)NC1CC(OC)C1(C)C)C(N)=NO. The molecule has 2 unspecified atom stereocenters. The number of ether oxygens (including phenoxy) is 1. The Balaban J connectivity index is 2.85. The molecule has 0 aromatic rings. The van der Waals surface area contributed by atoms with Crippen LogP contribution in [-0.4, -0.2) is 36.2 Å². The molecule has 116 valence electrons. The minimum Gasteiger partial charge on any atom is -0.409 e. The minimum absolute atomic E-state index is 0.0274. The Morgan fingerprint density at radius 3 is 2.40 bits per heavy atom. The first kappa shape index (κ1) is 16.8. The van der Waals surface area contributed by atoms with Crippen molar-refractivity contribution in [2.75, 3.05) is 7.11 Å². The molecule has 0 heterocycles. The van der Waals surface area contributed by atoms with Crippen LogP contribution in [0.5, 0.6) is 0 Å². The summed E-state index contributed by atoms with van der Waals surface area (Å²) in [6.45, 7) is 7.87. The Hall–Kier alpha value is -1.30. The average Bonchev–Trinajstić information content (AvgIpc) is 2.44. The molecule has 6 heteroatoms. The van der Waals surface area contributed by atoms with Gasteiger partial charge in [0.15, 0.2) is 5.84 Å². The lowest BCUT2D eigenvalue weighted by atomic mass is 9.64. The number of carbonyl (C=O) groups is 1. The van der Waals surface area contributed by atoms with Crippen molar-refractivity contribution in [1.82, 2.24) is 5.32 Å². The Morgan fingerprint density at radius 1 is 1.50 bits per heavy atom. The van der Waals surface area contributed by atoms with Gasteiger partial charge in [-0.3, -0.25) is 4.79 Å². The van der Waals surface area contributed by atoms with E-state index in [0.717, 1.165) is 6.42 Å². The standard InChI is InChI=1S/C14H27N3O3/c1-6-14(7-2,11(15)17-19)12(18)16-9-8-10(20-5)13(9,3)4/h9-10,19H,6-8H2,1-5H3,(H2,15,17)(H,16,18). The molecule has 1 amide bonds. The fraction of sp³-hybridized carbons (Fsp3) is 0.857. The van der Waals surface area contributed by atoms with E-state index in [4.69, 9.17) is 15.7 Å². The maximum atomic E-state index is 12.6. The summed E-state index contributed by atoms with van der Waals surface area (Å²) in [6, 6.07) is 0.0453. The molecule has 0 radical (unpaired) electrons. The molecule has 1 rings (SSSR count). The smallest absolute Gasteiger partial charge is 0.234 e. The van der Waals surface area contributed by atoms with Crippen LogP contribution in [0.2, 0.25) is 0 Å². The van der Waals surface area contributed by atoms with Gasteiger partial charge in [0.05, 0.1) is 6.10 Å². The van der Waals surface area contributed by atoms with Crippen LogP contribution in [0.3, 0.4) is 0 Å². The third kappa shape index (κ3) is 2.49. The van der Waals surface area contributed by atoms with E-state index in [9.17, 15) is 4.79 Å². The predicted molar refractivity (Wildman–Crippen MR) is 77.5 cm³/mol. The predicted octanol–water partition coefficient (Wildman–Crippen LogP) is 1.47. The second-order valence-electron chi connectivity index (χ2n) is 6.08. The molecule has 1 aliphatic rings. The van der Waals surface area contributed by atoms with Crippen LogP contribution in [0.15, 0.2) is 5.16 Å². The van der Waals surface area contributed by atoms with Crippen molar-refractivity contribution in [2.24, 2.45) is 21.7 Å². The van der Waals surface area contributed by atoms with E-state index in [1.54, 1.807) is 7.11 Å². The summed E-state index contributed by atoms with van der Waals surface area (Å²) >= 11 is 0. The van der Waals surface area contributed by atoms with Crippen molar-refractivity contribution >= 4 is 11.7 Å². The summed E-state index contributed by atoms with van der Waals surface area (Å²) in [5, 5.41) is 15.0. The second kappa shape index (κ2) is 5.99. The third-order valence-corrected chi connectivity index (χ3v) is 5.01. The highest BCUT2D eigenvalue weighted by Gasteiger charge is 2.51. The topological polar surface area (TPSA) is 96.9 Å². The zero-order valence-electron chi connectivity index (χ0n) is 13.1. The van der Waals surface area contributed by atoms with E-state index < -0.39 is 5.41 Å². The van der Waals surface area contributed by atoms with E-state index in [-0.39, 0.29) is 29.3 Å². The number of hydrogen-bond acceptors (Lipinski definition) is 4. The van der Waals surface area contributed by atoms with Crippen molar-refractivity contribution in [3.05, 3.63) is 0 Å². The molecule has 1 aliphatic carbocycles. The van der Waals surface area contributed by atoms with E-state index in [1.165, 1.54) is 0 Å². The average molecular weight is 285 g/mol. The van der Waals surface area contributed by atoms with Crippen LogP contribution in [0.1, 0.15) is 47.0 Å². The van der Waals surface area contributed by atoms with E-state index >= 15 is 0 Å². The zero-order chi connectivity index (χ0) is 15.6. The first-order chi connectivity index (χ1) is 9.29. The van der Waals surface area contributed by atoms with Gasteiger partial charge in [-0.1, -0.05) is 32.9 Å². The quantitative estimate of drug-likeness (QED) is 0.298. The number of nitrogens with two attached hydrogens (primary N) is 1. The largest absolute Gasteiger partial charge is 0.409 e. The zero-order valence-corrected chi connectivity index (χ0v) is 13.1. The van der Waals surface area contributed by atoms with Gasteiger partial charge < -0.3 is 21.0 Å². The number of amides is 1. The van der Waals surface area contributed by atoms with Crippen LogP contribution >= 0.6 is 0 Å². The van der Waals surface area contributed by atoms with Crippen LogP contribution < -0.4 is 11.1 Å². The monoisotopic (exact) mass is 285 g/mol. The van der Waals surface area contributed by atoms with Crippen LogP contribution in [0, 0.1) is 10.8 Å². The highest BCUT2D eigenvalue weighted by molar-refractivity contribution is 6.06. The molecule has 20 heavy (non-hydrogen) atoms. The summed E-state index contributed by atoms with van der Waals surface area (Å²) in [6.07, 6.45) is 1.92. The molecule has 0 aliphatic heterocycles. The number of carbonyl (C=O) groups excluding carboxylic acids is 1. The molecular weight excluding hydrogens is 258 g/mol. The number of oxime groups is 1. The van der Waals surface area contributed by atoms with Gasteiger partial charge in [0.1, 0.15) is 5.41 Å². The summed E-state index contributed by atoms with van der Waals surface area (Å²) in [5.74, 6) is -0.203. The number of rotatable bonds is 6. The Bertz CT molecular complexity index is 389.